The van der Waals surface area contributed by atoms with Crippen LogP contribution in [0.1, 0.15) is 19.4 Å². The number of anilines is 1. The van der Waals surface area contributed by atoms with Crippen LogP contribution < -0.4 is 4.90 Å². The van der Waals surface area contributed by atoms with E-state index in [1.165, 1.54) is 24.3 Å². The van der Waals surface area contributed by atoms with Crippen LogP contribution in [0.25, 0.3) is 6.08 Å². The quantitative estimate of drug-likeness (QED) is 0.552. The molecule has 1 amide bonds. The lowest BCUT2D eigenvalue weighted by Crippen LogP contribution is -2.39. The van der Waals surface area contributed by atoms with Crippen molar-refractivity contribution in [3.8, 4) is 0 Å². The fraction of sp³-hybridized carbons (Fsp3) is 0.200. The number of esters is 1. The molecule has 26 heavy (non-hydrogen) atoms. The van der Waals surface area contributed by atoms with E-state index >= 15 is 0 Å². The second kappa shape index (κ2) is 9.15. The molecule has 0 aliphatic heterocycles. The van der Waals surface area contributed by atoms with Crippen LogP contribution in [0, 0.1) is 5.82 Å². The molecule has 0 saturated heterocycles. The van der Waals surface area contributed by atoms with E-state index in [2.05, 4.69) is 0 Å². The summed E-state index contributed by atoms with van der Waals surface area (Å²) >= 11 is 5.88. The number of rotatable bonds is 6. The number of ether oxygens (including phenoxy) is 1. The summed E-state index contributed by atoms with van der Waals surface area (Å²) in [7, 11) is 0. The van der Waals surface area contributed by atoms with Crippen molar-refractivity contribution >= 4 is 35.2 Å². The van der Waals surface area contributed by atoms with Crippen molar-refractivity contribution in [3.63, 3.8) is 0 Å². The van der Waals surface area contributed by atoms with Crippen LogP contribution in [0.2, 0.25) is 5.02 Å². The first-order valence-corrected chi connectivity index (χ1v) is 8.44. The molecule has 2 aromatic rings. The molecule has 0 fully saturated rings. The molecule has 0 aliphatic carbocycles. The number of hydrogen-bond donors (Lipinski definition) is 0. The Labute approximate surface area is 156 Å². The average molecular weight is 376 g/mol. The molecule has 0 unspecified atom stereocenters. The topological polar surface area (TPSA) is 46.6 Å². The number of carbonyl (C=O) groups excluding carboxylic acids is 2. The molecule has 0 aromatic heterocycles. The van der Waals surface area contributed by atoms with Gasteiger partial charge in [-0.25, -0.2) is 9.18 Å². The molecule has 0 saturated carbocycles. The number of amides is 1. The van der Waals surface area contributed by atoms with Crippen LogP contribution in [-0.2, 0) is 14.3 Å². The number of carbonyl (C=O) groups is 2. The minimum atomic E-state index is -0.755. The van der Waals surface area contributed by atoms with E-state index < -0.39 is 18.4 Å². The lowest BCUT2D eigenvalue weighted by atomic mass is 10.2. The Hall–Kier alpha value is -2.66. The van der Waals surface area contributed by atoms with E-state index in [4.69, 9.17) is 16.3 Å². The third kappa shape index (κ3) is 5.17. The average Bonchev–Trinajstić information content (AvgIpc) is 2.60. The highest BCUT2D eigenvalue weighted by Crippen LogP contribution is 2.20. The summed E-state index contributed by atoms with van der Waals surface area (Å²) < 4.78 is 18.6. The highest BCUT2D eigenvalue weighted by atomic mass is 35.5. The zero-order valence-electron chi connectivity index (χ0n) is 14.5. The van der Waals surface area contributed by atoms with E-state index in [0.717, 1.165) is 11.8 Å². The fourth-order valence-electron chi connectivity index (χ4n) is 2.39. The third-order valence-electron chi connectivity index (χ3n) is 3.54. The predicted octanol–water partition coefficient (Wildman–Crippen LogP) is 4.48. The Kier molecular flexibility index (Phi) is 6.92. The van der Waals surface area contributed by atoms with Gasteiger partial charge < -0.3 is 9.64 Å². The fourth-order valence-corrected chi connectivity index (χ4v) is 2.62. The van der Waals surface area contributed by atoms with Crippen LogP contribution in [0.3, 0.4) is 0 Å². The van der Waals surface area contributed by atoms with Gasteiger partial charge >= 0.3 is 5.97 Å². The van der Waals surface area contributed by atoms with E-state index in [9.17, 15) is 14.0 Å². The zero-order chi connectivity index (χ0) is 19.1. The summed E-state index contributed by atoms with van der Waals surface area (Å²) in [4.78, 5) is 25.8. The third-order valence-corrected chi connectivity index (χ3v) is 3.87. The van der Waals surface area contributed by atoms with Crippen molar-refractivity contribution in [2.45, 2.75) is 19.9 Å². The zero-order valence-corrected chi connectivity index (χ0v) is 15.2. The minimum Gasteiger partial charge on any atom is -0.452 e. The number of hydrogen-bond acceptors (Lipinski definition) is 3. The maximum atomic E-state index is 13.6. The van der Waals surface area contributed by atoms with Gasteiger partial charge in [0.25, 0.3) is 5.91 Å². The van der Waals surface area contributed by atoms with Crippen LogP contribution in [0.4, 0.5) is 10.1 Å². The van der Waals surface area contributed by atoms with Crippen LogP contribution >= 0.6 is 11.6 Å². The molecule has 4 nitrogen and oxygen atoms in total. The normalized spacial score (nSPS) is 11.0. The molecule has 0 bridgehead atoms. The Bertz CT molecular complexity index is 786. The van der Waals surface area contributed by atoms with Gasteiger partial charge in [-0.1, -0.05) is 35.9 Å². The summed E-state index contributed by atoms with van der Waals surface area (Å²) in [5, 5.41) is 0.181. The molecule has 0 spiro atoms. The lowest BCUT2D eigenvalue weighted by Gasteiger charge is -2.26. The van der Waals surface area contributed by atoms with Gasteiger partial charge in [-0.2, -0.15) is 0 Å². The molecule has 0 heterocycles. The Morgan fingerprint density at radius 3 is 2.46 bits per heavy atom. The van der Waals surface area contributed by atoms with Crippen molar-refractivity contribution in [2.75, 3.05) is 11.5 Å². The number of halogens is 2. The Morgan fingerprint density at radius 1 is 1.15 bits per heavy atom. The van der Waals surface area contributed by atoms with Crippen LogP contribution in [-0.4, -0.2) is 24.5 Å². The SMILES string of the molecule is CC(C)N(C(=O)COC(=O)/C=C/c1c(F)cccc1Cl)c1ccccc1. The van der Waals surface area contributed by atoms with E-state index in [1.54, 1.807) is 17.0 Å². The first-order chi connectivity index (χ1) is 12.4. The predicted molar refractivity (Wildman–Crippen MR) is 100 cm³/mol. The number of para-hydroxylation sites is 1. The lowest BCUT2D eigenvalue weighted by molar-refractivity contribution is -0.143. The van der Waals surface area contributed by atoms with E-state index in [-0.39, 0.29) is 22.5 Å². The molecule has 0 N–H and O–H groups in total. The van der Waals surface area contributed by atoms with Crippen molar-refractivity contribution in [3.05, 3.63) is 71.0 Å². The molecule has 0 atom stereocenters. The highest BCUT2D eigenvalue weighted by molar-refractivity contribution is 6.32. The number of nitrogens with zero attached hydrogens (tertiary/aromatic N) is 1. The molecule has 2 aromatic carbocycles. The van der Waals surface area contributed by atoms with Gasteiger partial charge in [-0.15, -0.1) is 0 Å². The molecule has 0 aliphatic rings. The van der Waals surface area contributed by atoms with Gasteiger partial charge in [0.1, 0.15) is 5.82 Å². The summed E-state index contributed by atoms with van der Waals surface area (Å²) in [5.41, 5.74) is 0.808. The first-order valence-electron chi connectivity index (χ1n) is 8.06. The summed E-state index contributed by atoms with van der Waals surface area (Å²) in [6, 6.07) is 13.2. The van der Waals surface area contributed by atoms with Gasteiger partial charge in [0.15, 0.2) is 6.61 Å². The smallest absolute Gasteiger partial charge is 0.331 e. The molecule has 2 rings (SSSR count). The standard InChI is InChI=1S/C20H19ClFNO3/c1-14(2)23(15-7-4-3-5-8-15)19(24)13-26-20(25)12-11-16-17(21)9-6-10-18(16)22/h3-12,14H,13H2,1-2H3/b12-11+. The maximum absolute atomic E-state index is 13.6. The van der Waals surface area contributed by atoms with E-state index in [1.807, 2.05) is 32.0 Å². The molecule has 136 valence electrons. The second-order valence-corrected chi connectivity index (χ2v) is 6.18. The van der Waals surface area contributed by atoms with Crippen LogP contribution in [0.5, 0.6) is 0 Å². The summed E-state index contributed by atoms with van der Waals surface area (Å²) in [5.74, 6) is -1.65. The van der Waals surface area contributed by atoms with E-state index in [0.29, 0.717) is 0 Å². The van der Waals surface area contributed by atoms with Gasteiger partial charge in [0.05, 0.1) is 5.02 Å². The molecule has 6 heteroatoms. The minimum absolute atomic E-state index is 0.0885. The van der Waals surface area contributed by atoms with Gasteiger partial charge in [0.2, 0.25) is 0 Å². The summed E-state index contributed by atoms with van der Waals surface area (Å²) in [6.45, 7) is 3.32. The van der Waals surface area contributed by atoms with Crippen molar-refractivity contribution in [2.24, 2.45) is 0 Å². The Morgan fingerprint density at radius 2 is 1.85 bits per heavy atom. The number of benzene rings is 2. The largest absolute Gasteiger partial charge is 0.452 e. The van der Waals surface area contributed by atoms with Gasteiger partial charge in [0, 0.05) is 23.4 Å². The molecule has 0 radical (unpaired) electrons. The van der Waals surface area contributed by atoms with Crippen molar-refractivity contribution in [1.82, 2.24) is 0 Å². The Balaban J connectivity index is 1.99. The molecular formula is C20H19ClFNO3. The second-order valence-electron chi connectivity index (χ2n) is 5.77. The van der Waals surface area contributed by atoms with Gasteiger partial charge in [-0.3, -0.25) is 4.79 Å². The molecular weight excluding hydrogens is 357 g/mol. The van der Waals surface area contributed by atoms with Crippen molar-refractivity contribution in [1.29, 1.82) is 0 Å². The maximum Gasteiger partial charge on any atom is 0.331 e. The monoisotopic (exact) mass is 375 g/mol. The first kappa shape index (κ1) is 19.7. The summed E-state index contributed by atoms with van der Waals surface area (Å²) in [6.07, 6.45) is 2.27. The van der Waals surface area contributed by atoms with Crippen LogP contribution in [0.15, 0.2) is 54.6 Å². The highest BCUT2D eigenvalue weighted by Gasteiger charge is 2.19. The van der Waals surface area contributed by atoms with Crippen molar-refractivity contribution < 1.29 is 18.7 Å². The van der Waals surface area contributed by atoms with Gasteiger partial charge in [-0.05, 0) is 44.2 Å².